The number of aromatic nitrogens is 1. The molecule has 1 rings (SSSR count). The summed E-state index contributed by atoms with van der Waals surface area (Å²) in [5, 5.41) is 0. The Morgan fingerprint density at radius 2 is 1.94 bits per heavy atom. The van der Waals surface area contributed by atoms with E-state index in [-0.39, 0.29) is 18.3 Å². The van der Waals surface area contributed by atoms with Crippen LogP contribution in [0.4, 0.5) is 0 Å². The summed E-state index contributed by atoms with van der Waals surface area (Å²) < 4.78 is 0. The van der Waals surface area contributed by atoms with Gasteiger partial charge in [-0.25, -0.2) is 0 Å². The summed E-state index contributed by atoms with van der Waals surface area (Å²) in [6, 6.07) is 3.53. The minimum absolute atomic E-state index is 0. The van der Waals surface area contributed by atoms with E-state index < -0.39 is 0 Å². The molecule has 4 nitrogen and oxygen atoms in total. The van der Waals surface area contributed by atoms with Crippen LogP contribution >= 0.6 is 12.4 Å². The lowest BCUT2D eigenvalue weighted by Crippen LogP contribution is -2.32. The highest BCUT2D eigenvalue weighted by molar-refractivity contribution is 5.94. The largest absolute Gasteiger partial charge is 0.339 e. The van der Waals surface area contributed by atoms with E-state index in [1.807, 2.05) is 4.90 Å². The molecule has 0 saturated heterocycles. The molecule has 2 N–H and O–H groups in total. The topological polar surface area (TPSA) is 59.2 Å². The summed E-state index contributed by atoms with van der Waals surface area (Å²) in [4.78, 5) is 18.2. The Morgan fingerprint density at radius 3 is 2.44 bits per heavy atom. The SMILES string of the molecule is CCCN(CCC)C(=O)c1ccnc(CN)c1.Cl. The first kappa shape index (κ1) is 16.9. The lowest BCUT2D eigenvalue weighted by molar-refractivity contribution is 0.0755. The Labute approximate surface area is 115 Å². The third-order valence-corrected chi connectivity index (χ3v) is 2.55. The molecule has 0 atom stereocenters. The van der Waals surface area contributed by atoms with Crippen LogP contribution in [0.15, 0.2) is 18.3 Å². The lowest BCUT2D eigenvalue weighted by atomic mass is 10.2. The summed E-state index contributed by atoms with van der Waals surface area (Å²) in [5.41, 5.74) is 6.96. The average Bonchev–Trinajstić information content (AvgIpc) is 2.38. The van der Waals surface area contributed by atoms with Gasteiger partial charge in [-0.1, -0.05) is 13.8 Å². The molecule has 1 aromatic heterocycles. The molecule has 1 aromatic rings. The number of hydrogen-bond acceptors (Lipinski definition) is 3. The third kappa shape index (κ3) is 4.63. The molecule has 0 aliphatic rings. The molecule has 0 bridgehead atoms. The number of nitrogens with zero attached hydrogens (tertiary/aromatic N) is 2. The molecular formula is C13H22ClN3O. The van der Waals surface area contributed by atoms with Crippen molar-refractivity contribution in [1.82, 2.24) is 9.88 Å². The number of rotatable bonds is 6. The fraction of sp³-hybridized carbons (Fsp3) is 0.538. The minimum atomic E-state index is 0. The Kier molecular flexibility index (Phi) is 8.33. The molecule has 5 heteroatoms. The van der Waals surface area contributed by atoms with Crippen molar-refractivity contribution < 1.29 is 4.79 Å². The molecule has 0 aliphatic heterocycles. The summed E-state index contributed by atoms with van der Waals surface area (Å²) in [7, 11) is 0. The van der Waals surface area contributed by atoms with Gasteiger partial charge in [0, 0.05) is 31.4 Å². The van der Waals surface area contributed by atoms with Crippen LogP contribution in [0.1, 0.15) is 42.7 Å². The Hall–Kier alpha value is -1.13. The van der Waals surface area contributed by atoms with Crippen molar-refractivity contribution in [3.8, 4) is 0 Å². The summed E-state index contributed by atoms with van der Waals surface area (Å²) in [6.07, 6.45) is 3.59. The summed E-state index contributed by atoms with van der Waals surface area (Å²) in [5.74, 6) is 0.0748. The summed E-state index contributed by atoms with van der Waals surface area (Å²) >= 11 is 0. The van der Waals surface area contributed by atoms with Gasteiger partial charge in [0.25, 0.3) is 5.91 Å². The zero-order valence-corrected chi connectivity index (χ0v) is 11.9. The van der Waals surface area contributed by atoms with Crippen LogP contribution in [0.25, 0.3) is 0 Å². The zero-order valence-electron chi connectivity index (χ0n) is 11.1. The predicted molar refractivity (Wildman–Crippen MR) is 75.9 cm³/mol. The number of hydrogen-bond donors (Lipinski definition) is 1. The van der Waals surface area contributed by atoms with Gasteiger partial charge in [0.1, 0.15) is 0 Å². The molecule has 0 unspecified atom stereocenters. The standard InChI is InChI=1S/C13H21N3O.ClH/c1-3-7-16(8-4-2)13(17)11-5-6-15-12(9-11)10-14;/h5-6,9H,3-4,7-8,10,14H2,1-2H3;1H. The van der Waals surface area contributed by atoms with Crippen molar-refractivity contribution in [3.63, 3.8) is 0 Å². The second kappa shape index (κ2) is 8.89. The van der Waals surface area contributed by atoms with E-state index >= 15 is 0 Å². The van der Waals surface area contributed by atoms with Crippen molar-refractivity contribution in [2.24, 2.45) is 5.73 Å². The van der Waals surface area contributed by atoms with Crippen molar-refractivity contribution >= 4 is 18.3 Å². The molecule has 0 fully saturated rings. The highest BCUT2D eigenvalue weighted by Crippen LogP contribution is 2.07. The van der Waals surface area contributed by atoms with Gasteiger partial charge in [-0.15, -0.1) is 12.4 Å². The van der Waals surface area contributed by atoms with E-state index in [0.29, 0.717) is 12.1 Å². The van der Waals surface area contributed by atoms with E-state index in [1.54, 1.807) is 18.3 Å². The number of nitrogens with two attached hydrogens (primary N) is 1. The van der Waals surface area contributed by atoms with E-state index in [0.717, 1.165) is 31.6 Å². The Balaban J connectivity index is 0.00000289. The maximum atomic E-state index is 12.3. The molecule has 18 heavy (non-hydrogen) atoms. The minimum Gasteiger partial charge on any atom is -0.339 e. The highest BCUT2D eigenvalue weighted by Gasteiger charge is 2.14. The molecule has 0 aliphatic carbocycles. The molecule has 102 valence electrons. The van der Waals surface area contributed by atoms with Crippen molar-refractivity contribution in [2.75, 3.05) is 13.1 Å². The predicted octanol–water partition coefficient (Wildman–Crippen LogP) is 2.22. The number of halogens is 1. The molecule has 0 spiro atoms. The van der Waals surface area contributed by atoms with Crippen molar-refractivity contribution in [1.29, 1.82) is 0 Å². The van der Waals surface area contributed by atoms with Crippen LogP contribution in [0.5, 0.6) is 0 Å². The highest BCUT2D eigenvalue weighted by atomic mass is 35.5. The van der Waals surface area contributed by atoms with Gasteiger partial charge in [-0.2, -0.15) is 0 Å². The molecular weight excluding hydrogens is 250 g/mol. The quantitative estimate of drug-likeness (QED) is 0.863. The normalized spacial score (nSPS) is 9.72. The second-order valence-electron chi connectivity index (χ2n) is 4.03. The smallest absolute Gasteiger partial charge is 0.253 e. The first-order valence-electron chi connectivity index (χ1n) is 6.17. The lowest BCUT2D eigenvalue weighted by Gasteiger charge is -2.21. The first-order valence-corrected chi connectivity index (χ1v) is 6.17. The van der Waals surface area contributed by atoms with Crippen LogP contribution in [-0.2, 0) is 6.54 Å². The van der Waals surface area contributed by atoms with Crippen LogP contribution in [0.2, 0.25) is 0 Å². The van der Waals surface area contributed by atoms with Gasteiger partial charge in [0.05, 0.1) is 5.69 Å². The number of carbonyl (C=O) groups excluding carboxylic acids is 1. The Morgan fingerprint density at radius 1 is 1.33 bits per heavy atom. The van der Waals surface area contributed by atoms with Crippen molar-refractivity contribution in [2.45, 2.75) is 33.2 Å². The zero-order chi connectivity index (χ0) is 12.7. The van der Waals surface area contributed by atoms with E-state index in [9.17, 15) is 4.79 Å². The molecule has 1 heterocycles. The fourth-order valence-electron chi connectivity index (χ4n) is 1.76. The second-order valence-corrected chi connectivity index (χ2v) is 4.03. The first-order chi connectivity index (χ1) is 8.22. The monoisotopic (exact) mass is 271 g/mol. The van der Waals surface area contributed by atoms with E-state index in [2.05, 4.69) is 18.8 Å². The van der Waals surface area contributed by atoms with Gasteiger partial charge in [-0.05, 0) is 25.0 Å². The number of carbonyl (C=O) groups is 1. The van der Waals surface area contributed by atoms with Gasteiger partial charge in [0.15, 0.2) is 0 Å². The van der Waals surface area contributed by atoms with Gasteiger partial charge in [-0.3, -0.25) is 9.78 Å². The van der Waals surface area contributed by atoms with Crippen LogP contribution < -0.4 is 5.73 Å². The summed E-state index contributed by atoms with van der Waals surface area (Å²) in [6.45, 7) is 6.12. The maximum absolute atomic E-state index is 12.3. The van der Waals surface area contributed by atoms with E-state index in [4.69, 9.17) is 5.73 Å². The molecule has 0 aromatic carbocycles. The Bertz CT molecular complexity index is 365. The maximum Gasteiger partial charge on any atom is 0.253 e. The van der Waals surface area contributed by atoms with Gasteiger partial charge >= 0.3 is 0 Å². The third-order valence-electron chi connectivity index (χ3n) is 2.55. The van der Waals surface area contributed by atoms with Crippen molar-refractivity contribution in [3.05, 3.63) is 29.6 Å². The molecule has 0 radical (unpaired) electrons. The molecule has 1 amide bonds. The fourth-order valence-corrected chi connectivity index (χ4v) is 1.76. The number of pyridine rings is 1. The van der Waals surface area contributed by atoms with Gasteiger partial charge in [0.2, 0.25) is 0 Å². The van der Waals surface area contributed by atoms with Gasteiger partial charge < -0.3 is 10.6 Å². The number of amides is 1. The van der Waals surface area contributed by atoms with Crippen LogP contribution in [-0.4, -0.2) is 28.9 Å². The average molecular weight is 272 g/mol. The van der Waals surface area contributed by atoms with Crippen LogP contribution in [0, 0.1) is 0 Å². The molecule has 0 saturated carbocycles. The van der Waals surface area contributed by atoms with Crippen LogP contribution in [0.3, 0.4) is 0 Å². The van der Waals surface area contributed by atoms with E-state index in [1.165, 1.54) is 0 Å².